The maximum atomic E-state index is 11.4. The molecular formula is C56H116O16Zr. The van der Waals surface area contributed by atoms with Gasteiger partial charge in [-0.3, -0.25) is 0 Å². The largest absolute Gasteiger partial charge is 4.00 e. The van der Waals surface area contributed by atoms with Gasteiger partial charge in [0.2, 0.25) is 0 Å². The molecule has 0 saturated heterocycles. The van der Waals surface area contributed by atoms with Crippen LogP contribution in [0, 0.1) is 0 Å². The Morgan fingerprint density at radius 3 is 0.329 bits per heavy atom. The van der Waals surface area contributed by atoms with Crippen LogP contribution in [0.1, 0.15) is 237 Å². The molecule has 0 radical (unpaired) electrons. The summed E-state index contributed by atoms with van der Waals surface area (Å²) >= 11 is 0. The fourth-order valence-electron chi connectivity index (χ4n) is 5.46. The summed E-state index contributed by atoms with van der Waals surface area (Å²) < 4.78 is 66.7. The van der Waals surface area contributed by atoms with Crippen LogP contribution in [0.2, 0.25) is 0 Å². The Morgan fingerprint density at radius 1 is 0.192 bits per heavy atom. The van der Waals surface area contributed by atoms with Gasteiger partial charge in [0.15, 0.2) is 0 Å². The van der Waals surface area contributed by atoms with Crippen molar-refractivity contribution in [1.29, 1.82) is 0 Å². The fourth-order valence-corrected chi connectivity index (χ4v) is 5.46. The second kappa shape index (κ2) is 63.1. The van der Waals surface area contributed by atoms with E-state index in [1.54, 1.807) is 0 Å². The second-order valence-corrected chi connectivity index (χ2v) is 17.7. The molecule has 0 rings (SSSR count). The molecule has 17 heteroatoms. The van der Waals surface area contributed by atoms with Gasteiger partial charge in [0.25, 0.3) is 23.9 Å². The Balaban J connectivity index is -0.000000280. The summed E-state index contributed by atoms with van der Waals surface area (Å²) in [5.74, 6) is -5.45. The summed E-state index contributed by atoms with van der Waals surface area (Å²) in [6, 6.07) is 0. The molecule has 0 unspecified atom stereocenters. The predicted molar refractivity (Wildman–Crippen MR) is 281 cm³/mol. The summed E-state index contributed by atoms with van der Waals surface area (Å²) in [6.07, 6.45) is 23.3. The first-order valence-electron chi connectivity index (χ1n) is 29.0. The molecule has 0 saturated carbocycles. The van der Waals surface area contributed by atoms with Gasteiger partial charge in [0.1, 0.15) is 0 Å². The van der Waals surface area contributed by atoms with E-state index in [9.17, 15) is 20.4 Å². The molecule has 0 aromatic heterocycles. The molecule has 0 aliphatic carbocycles. The van der Waals surface area contributed by atoms with E-state index in [0.29, 0.717) is 79.3 Å². The normalized spacial score (nSPS) is 11.8. The summed E-state index contributed by atoms with van der Waals surface area (Å²) in [5, 5.41) is 45.4. The van der Waals surface area contributed by atoms with E-state index in [0.717, 1.165) is 154 Å². The summed E-state index contributed by atoms with van der Waals surface area (Å²) in [4.78, 5) is 0. The Labute approximate surface area is 468 Å². The minimum absolute atomic E-state index is 0. The Morgan fingerprint density at radius 2 is 0.274 bits per heavy atom. The van der Waals surface area contributed by atoms with Gasteiger partial charge in [-0.1, -0.05) is 187 Å². The van der Waals surface area contributed by atoms with E-state index in [2.05, 4.69) is 83.1 Å². The Kier molecular flexibility index (Phi) is 70.9. The first kappa shape index (κ1) is 82.1. The van der Waals surface area contributed by atoms with E-state index in [1.165, 1.54) is 0 Å². The standard InChI is InChI=1S/4C14H29O4.Zr/c4*1-4-7-10-16-14(13-15,17-11-8-5-2)18-12-9-6-3;/h4*4-13H2,1-3H3;/q4*-1;+4. The molecule has 0 heterocycles. The third-order valence-corrected chi connectivity index (χ3v) is 10.5. The Hall–Kier alpha value is 0.243. The van der Waals surface area contributed by atoms with Gasteiger partial charge in [0, 0.05) is 0 Å². The van der Waals surface area contributed by atoms with Gasteiger partial charge in [-0.2, -0.15) is 0 Å². The number of rotatable bonds is 52. The van der Waals surface area contributed by atoms with Crippen LogP contribution >= 0.6 is 0 Å². The van der Waals surface area contributed by atoms with Crippen LogP contribution in [0.25, 0.3) is 0 Å². The molecule has 440 valence electrons. The molecule has 0 N–H and O–H groups in total. The van der Waals surface area contributed by atoms with Crippen LogP contribution in [-0.4, -0.2) is 130 Å². The number of ether oxygens (including phenoxy) is 12. The van der Waals surface area contributed by atoms with Crippen molar-refractivity contribution in [2.75, 3.05) is 106 Å². The van der Waals surface area contributed by atoms with E-state index >= 15 is 0 Å². The second-order valence-electron chi connectivity index (χ2n) is 17.7. The molecule has 0 atom stereocenters. The van der Waals surface area contributed by atoms with Gasteiger partial charge >= 0.3 is 26.2 Å². The molecule has 0 aliphatic heterocycles. The summed E-state index contributed by atoms with van der Waals surface area (Å²) in [7, 11) is 0. The van der Waals surface area contributed by atoms with Crippen LogP contribution in [0.4, 0.5) is 0 Å². The maximum Gasteiger partial charge on any atom is 4.00 e. The first-order valence-corrected chi connectivity index (χ1v) is 29.0. The number of hydrogen-bond acceptors (Lipinski definition) is 16. The van der Waals surface area contributed by atoms with Gasteiger partial charge in [-0.15, -0.1) is 0 Å². The topological polar surface area (TPSA) is 203 Å². The van der Waals surface area contributed by atoms with Crippen LogP contribution in [0.5, 0.6) is 0 Å². The zero-order valence-electron chi connectivity index (χ0n) is 49.3. The predicted octanol–water partition coefficient (Wildman–Crippen LogP) is 9.80. The average Bonchev–Trinajstić information content (AvgIpc) is 3.39. The zero-order chi connectivity index (χ0) is 54.8. The summed E-state index contributed by atoms with van der Waals surface area (Å²) in [6.45, 7) is 29.1. The molecule has 0 bridgehead atoms. The maximum absolute atomic E-state index is 11.4. The van der Waals surface area contributed by atoms with Crippen molar-refractivity contribution in [3.05, 3.63) is 0 Å². The molecule has 16 nitrogen and oxygen atoms in total. The van der Waals surface area contributed by atoms with Crippen molar-refractivity contribution in [2.45, 2.75) is 261 Å². The molecule has 0 aromatic rings. The van der Waals surface area contributed by atoms with E-state index in [1.807, 2.05) is 0 Å². The first-order chi connectivity index (χ1) is 35.0. The molecule has 0 spiro atoms. The number of unbranched alkanes of at least 4 members (excludes halogenated alkanes) is 12. The van der Waals surface area contributed by atoms with Crippen LogP contribution in [0.15, 0.2) is 0 Å². The van der Waals surface area contributed by atoms with Gasteiger partial charge in [-0.05, 0) is 77.0 Å². The van der Waals surface area contributed by atoms with Crippen LogP contribution < -0.4 is 20.4 Å². The molecule has 0 amide bonds. The zero-order valence-corrected chi connectivity index (χ0v) is 51.8. The number of hydrogen-bond donors (Lipinski definition) is 0. The monoisotopic (exact) mass is 1130 g/mol. The summed E-state index contributed by atoms with van der Waals surface area (Å²) in [5.41, 5.74) is 0. The van der Waals surface area contributed by atoms with Crippen molar-refractivity contribution in [1.82, 2.24) is 0 Å². The van der Waals surface area contributed by atoms with Crippen LogP contribution in [-0.2, 0) is 83.0 Å². The van der Waals surface area contributed by atoms with Crippen molar-refractivity contribution in [3.63, 3.8) is 0 Å². The molecule has 0 aliphatic rings. The van der Waals surface area contributed by atoms with Crippen LogP contribution in [0.3, 0.4) is 0 Å². The minimum Gasteiger partial charge on any atom is -0.849 e. The SMILES string of the molecule is CCCCOC(C[O-])(OCCCC)OCCCC.CCCCOC(C[O-])(OCCCC)OCCCC.CCCCOC(C[O-])(OCCCC)OCCCC.CCCCOC(C[O-])(OCCCC)OCCCC.[Zr+4]. The molecule has 73 heavy (non-hydrogen) atoms. The third-order valence-electron chi connectivity index (χ3n) is 10.5. The van der Waals surface area contributed by atoms with Gasteiger partial charge in [0.05, 0.1) is 79.3 Å². The molecular weight excluding hydrogens is 1020 g/mol. The van der Waals surface area contributed by atoms with Gasteiger partial charge in [-0.25, -0.2) is 0 Å². The van der Waals surface area contributed by atoms with Crippen molar-refractivity contribution in [3.8, 4) is 0 Å². The molecule has 0 aromatic carbocycles. The van der Waals surface area contributed by atoms with Crippen molar-refractivity contribution >= 4 is 0 Å². The van der Waals surface area contributed by atoms with Gasteiger partial charge < -0.3 is 77.3 Å². The average molecular weight is 1140 g/mol. The van der Waals surface area contributed by atoms with E-state index in [4.69, 9.17) is 56.8 Å². The van der Waals surface area contributed by atoms with E-state index in [-0.39, 0.29) is 26.2 Å². The third kappa shape index (κ3) is 50.2. The fraction of sp³-hybridized carbons (Fsp3) is 1.00. The van der Waals surface area contributed by atoms with Crippen molar-refractivity contribution in [2.24, 2.45) is 0 Å². The van der Waals surface area contributed by atoms with Crippen molar-refractivity contribution < 1.29 is 103 Å². The Bertz CT molecular complexity index is 746. The van der Waals surface area contributed by atoms with E-state index < -0.39 is 50.3 Å². The molecule has 0 fully saturated rings. The smallest absolute Gasteiger partial charge is 0.849 e. The minimum atomic E-state index is -1.36. The quantitative estimate of drug-likeness (QED) is 0.0411.